The number of aromatic nitrogens is 1. The van der Waals surface area contributed by atoms with Gasteiger partial charge in [-0.15, -0.1) is 0 Å². The molecule has 4 aromatic rings. The van der Waals surface area contributed by atoms with Gasteiger partial charge in [-0.2, -0.15) is 0 Å². The number of methoxy groups -OCH3 is 1. The quantitative estimate of drug-likeness (QED) is 0.288. The molecule has 3 aromatic carbocycles. The van der Waals surface area contributed by atoms with Crippen molar-refractivity contribution in [3.63, 3.8) is 0 Å². The molecule has 1 N–H and O–H groups in total. The lowest BCUT2D eigenvalue weighted by atomic mass is 9.98. The fourth-order valence-corrected chi connectivity index (χ4v) is 4.23. The van der Waals surface area contributed by atoms with E-state index in [0.29, 0.717) is 38.7 Å². The van der Waals surface area contributed by atoms with Crippen molar-refractivity contribution in [1.29, 1.82) is 0 Å². The fourth-order valence-electron chi connectivity index (χ4n) is 3.49. The van der Waals surface area contributed by atoms with E-state index < -0.39 is 5.91 Å². The molecule has 0 aliphatic rings. The molecule has 0 fully saturated rings. The molecule has 8 heteroatoms. The van der Waals surface area contributed by atoms with E-state index in [9.17, 15) is 4.79 Å². The zero-order valence-corrected chi connectivity index (χ0v) is 20.5. The zero-order valence-electron chi connectivity index (χ0n) is 18.2. The van der Waals surface area contributed by atoms with Gasteiger partial charge in [-0.05, 0) is 60.4 Å². The number of oxazole rings is 1. The van der Waals surface area contributed by atoms with Crippen LogP contribution in [0.3, 0.4) is 0 Å². The van der Waals surface area contributed by atoms with E-state index in [1.807, 2.05) is 12.1 Å². The summed E-state index contributed by atoms with van der Waals surface area (Å²) in [6, 6.07) is 14.2. The SMILES string of the molecule is CC[C@H](C)c1ccc2oc(-c3ccc(Cl)c(NC(=O)c4cc(Cl)cc(Cl)c4OC)c3)nc2c1. The first-order chi connectivity index (χ1) is 15.8. The summed E-state index contributed by atoms with van der Waals surface area (Å²) < 4.78 is 11.2. The molecule has 0 spiro atoms. The van der Waals surface area contributed by atoms with Gasteiger partial charge in [0.2, 0.25) is 5.89 Å². The number of hydrogen-bond acceptors (Lipinski definition) is 4. The van der Waals surface area contributed by atoms with Gasteiger partial charge in [0.25, 0.3) is 5.91 Å². The predicted octanol–water partition coefficient (Wildman–Crippen LogP) is 8.23. The van der Waals surface area contributed by atoms with Gasteiger partial charge >= 0.3 is 0 Å². The topological polar surface area (TPSA) is 64.4 Å². The highest BCUT2D eigenvalue weighted by atomic mass is 35.5. The molecule has 0 radical (unpaired) electrons. The first-order valence-electron chi connectivity index (χ1n) is 10.4. The summed E-state index contributed by atoms with van der Waals surface area (Å²) in [4.78, 5) is 17.6. The van der Waals surface area contributed by atoms with Crippen molar-refractivity contribution in [3.8, 4) is 17.2 Å². The average Bonchev–Trinajstić information content (AvgIpc) is 3.22. The Hall–Kier alpha value is -2.73. The Morgan fingerprint density at radius 3 is 2.61 bits per heavy atom. The highest BCUT2D eigenvalue weighted by molar-refractivity contribution is 6.37. The van der Waals surface area contributed by atoms with Gasteiger partial charge in [-0.3, -0.25) is 4.79 Å². The highest BCUT2D eigenvalue weighted by Crippen LogP contribution is 2.35. The number of anilines is 1. The van der Waals surface area contributed by atoms with E-state index in [1.54, 1.807) is 18.2 Å². The Bertz CT molecular complexity index is 1350. The van der Waals surface area contributed by atoms with E-state index in [-0.39, 0.29) is 16.3 Å². The van der Waals surface area contributed by atoms with Crippen molar-refractivity contribution in [3.05, 3.63) is 74.7 Å². The first-order valence-corrected chi connectivity index (χ1v) is 11.5. The van der Waals surface area contributed by atoms with E-state index in [4.69, 9.17) is 44.0 Å². The molecule has 170 valence electrons. The van der Waals surface area contributed by atoms with Crippen LogP contribution in [0.15, 0.2) is 52.9 Å². The molecular formula is C25H21Cl3N2O3. The van der Waals surface area contributed by atoms with Crippen LogP contribution in [0, 0.1) is 0 Å². The molecule has 0 saturated carbocycles. The summed E-state index contributed by atoms with van der Waals surface area (Å²) in [5, 5.41) is 3.70. The van der Waals surface area contributed by atoms with E-state index in [2.05, 4.69) is 30.2 Å². The summed E-state index contributed by atoms with van der Waals surface area (Å²) in [5.41, 5.74) is 3.93. The third kappa shape index (κ3) is 4.81. The maximum absolute atomic E-state index is 13.0. The number of halogens is 3. The van der Waals surface area contributed by atoms with Crippen molar-refractivity contribution in [2.45, 2.75) is 26.2 Å². The Morgan fingerprint density at radius 1 is 1.09 bits per heavy atom. The average molecular weight is 504 g/mol. The molecule has 5 nitrogen and oxygen atoms in total. The number of benzene rings is 3. The summed E-state index contributed by atoms with van der Waals surface area (Å²) in [6.45, 7) is 4.33. The van der Waals surface area contributed by atoms with Crippen LogP contribution in [-0.2, 0) is 0 Å². The Balaban J connectivity index is 1.67. The molecule has 0 unspecified atom stereocenters. The zero-order chi connectivity index (χ0) is 23.7. The van der Waals surface area contributed by atoms with Gasteiger partial charge in [-0.1, -0.05) is 54.7 Å². The van der Waals surface area contributed by atoms with Crippen LogP contribution < -0.4 is 10.1 Å². The van der Waals surface area contributed by atoms with Crippen LogP contribution in [0.25, 0.3) is 22.6 Å². The number of carbonyl (C=O) groups excluding carboxylic acids is 1. The largest absolute Gasteiger partial charge is 0.494 e. The molecule has 1 amide bonds. The van der Waals surface area contributed by atoms with Crippen molar-refractivity contribution < 1.29 is 13.9 Å². The van der Waals surface area contributed by atoms with Crippen LogP contribution in [0.1, 0.15) is 42.1 Å². The third-order valence-corrected chi connectivity index (χ3v) is 6.34. The van der Waals surface area contributed by atoms with Crippen molar-refractivity contribution in [1.82, 2.24) is 4.98 Å². The summed E-state index contributed by atoms with van der Waals surface area (Å²) in [7, 11) is 1.43. The van der Waals surface area contributed by atoms with Gasteiger partial charge in [0.15, 0.2) is 5.58 Å². The minimum atomic E-state index is -0.467. The molecule has 0 aliphatic carbocycles. The van der Waals surface area contributed by atoms with Crippen molar-refractivity contribution >= 4 is 57.5 Å². The number of amides is 1. The second-order valence-electron chi connectivity index (χ2n) is 7.67. The molecular weight excluding hydrogens is 483 g/mol. The summed E-state index contributed by atoms with van der Waals surface area (Å²) in [5.74, 6) is 0.624. The van der Waals surface area contributed by atoms with Gasteiger partial charge in [0.1, 0.15) is 11.3 Å². The predicted molar refractivity (Wildman–Crippen MR) is 134 cm³/mol. The first kappa shape index (κ1) is 23.4. The van der Waals surface area contributed by atoms with Gasteiger partial charge in [-0.25, -0.2) is 4.98 Å². The molecule has 1 atom stereocenters. The summed E-state index contributed by atoms with van der Waals surface area (Å²) in [6.07, 6.45) is 1.04. The fraction of sp³-hybridized carbons (Fsp3) is 0.200. The lowest BCUT2D eigenvalue weighted by molar-refractivity contribution is 0.102. The molecule has 0 aliphatic heterocycles. The number of nitrogens with one attached hydrogen (secondary N) is 1. The number of fused-ring (bicyclic) bond motifs is 1. The molecule has 4 rings (SSSR count). The van der Waals surface area contributed by atoms with Crippen molar-refractivity contribution in [2.24, 2.45) is 0 Å². The lowest BCUT2D eigenvalue weighted by Gasteiger charge is -2.12. The Kier molecular flexibility index (Phi) is 6.84. The van der Waals surface area contributed by atoms with Crippen LogP contribution in [0.2, 0.25) is 15.1 Å². The number of rotatable bonds is 6. The smallest absolute Gasteiger partial charge is 0.259 e. The maximum Gasteiger partial charge on any atom is 0.259 e. The maximum atomic E-state index is 13.0. The second kappa shape index (κ2) is 9.64. The third-order valence-electron chi connectivity index (χ3n) is 5.51. The van der Waals surface area contributed by atoms with Crippen LogP contribution >= 0.6 is 34.8 Å². The molecule has 33 heavy (non-hydrogen) atoms. The van der Waals surface area contributed by atoms with Crippen molar-refractivity contribution in [2.75, 3.05) is 12.4 Å². The Labute approximate surface area is 206 Å². The second-order valence-corrected chi connectivity index (χ2v) is 8.92. The van der Waals surface area contributed by atoms with Crippen LogP contribution in [0.5, 0.6) is 5.75 Å². The number of nitrogens with zero attached hydrogens (tertiary/aromatic N) is 1. The minimum absolute atomic E-state index is 0.191. The molecule has 1 heterocycles. The van der Waals surface area contributed by atoms with Crippen LogP contribution in [-0.4, -0.2) is 18.0 Å². The molecule has 0 bridgehead atoms. The normalized spacial score (nSPS) is 12.1. The number of hydrogen-bond donors (Lipinski definition) is 1. The monoisotopic (exact) mass is 502 g/mol. The highest BCUT2D eigenvalue weighted by Gasteiger charge is 2.19. The number of carbonyl (C=O) groups is 1. The lowest BCUT2D eigenvalue weighted by Crippen LogP contribution is -2.14. The molecule has 0 saturated heterocycles. The Morgan fingerprint density at radius 2 is 1.88 bits per heavy atom. The molecule has 1 aromatic heterocycles. The number of ether oxygens (including phenoxy) is 1. The van der Waals surface area contributed by atoms with Crippen LogP contribution in [0.4, 0.5) is 5.69 Å². The van der Waals surface area contributed by atoms with Gasteiger partial charge in [0.05, 0.1) is 28.4 Å². The standard InChI is InChI=1S/C25H21Cl3N2O3/c1-4-13(2)14-6-8-22-21(9-14)30-25(33-22)15-5-7-18(27)20(10-15)29-24(31)17-11-16(26)12-19(28)23(17)32-3/h5-13H,4H2,1-3H3,(H,29,31)/t13-/m0/s1. The summed E-state index contributed by atoms with van der Waals surface area (Å²) >= 11 is 18.6. The van der Waals surface area contributed by atoms with E-state index in [0.717, 1.165) is 11.9 Å². The van der Waals surface area contributed by atoms with Gasteiger partial charge < -0.3 is 14.5 Å². The van der Waals surface area contributed by atoms with Gasteiger partial charge in [0, 0.05) is 10.6 Å². The minimum Gasteiger partial charge on any atom is -0.494 e. The van der Waals surface area contributed by atoms with E-state index >= 15 is 0 Å². The van der Waals surface area contributed by atoms with E-state index in [1.165, 1.54) is 24.8 Å².